The molecule has 164 valence electrons. The second kappa shape index (κ2) is 10.4. The summed E-state index contributed by atoms with van der Waals surface area (Å²) in [6, 6.07) is 6.66. The van der Waals surface area contributed by atoms with E-state index in [9.17, 15) is 14.0 Å². The molecular formula is C21H22ClFN4O3S. The molecule has 3 rings (SSSR count). The Labute approximate surface area is 190 Å². The number of anilines is 2. The zero-order valence-electron chi connectivity index (χ0n) is 16.8. The highest BCUT2D eigenvalue weighted by atomic mass is 35.5. The second-order valence-electron chi connectivity index (χ2n) is 6.79. The number of aryl methyl sites for hydroxylation is 1. The van der Waals surface area contributed by atoms with Gasteiger partial charge in [0.25, 0.3) is 11.5 Å². The summed E-state index contributed by atoms with van der Waals surface area (Å²) in [6.07, 6.45) is 4.43. The van der Waals surface area contributed by atoms with E-state index >= 15 is 0 Å². The minimum atomic E-state index is -0.574. The number of carbonyl (C=O) groups is 1. The number of pyridine rings is 2. The van der Waals surface area contributed by atoms with E-state index in [-0.39, 0.29) is 36.8 Å². The lowest BCUT2D eigenvalue weighted by molar-refractivity contribution is 0.0923. The maximum atomic E-state index is 14.3. The van der Waals surface area contributed by atoms with Crippen LogP contribution < -0.4 is 16.2 Å². The fourth-order valence-corrected chi connectivity index (χ4v) is 3.04. The Morgan fingerprint density at radius 2 is 2.03 bits per heavy atom. The number of aromatic nitrogens is 2. The average molecular weight is 465 g/mol. The zero-order chi connectivity index (χ0) is 21.8. The van der Waals surface area contributed by atoms with Gasteiger partial charge in [0.15, 0.2) is 0 Å². The topological polar surface area (TPSA) is 96.2 Å². The van der Waals surface area contributed by atoms with Gasteiger partial charge in [-0.2, -0.15) is 13.5 Å². The van der Waals surface area contributed by atoms with E-state index in [4.69, 9.17) is 16.7 Å². The molecule has 2 heterocycles. The monoisotopic (exact) mass is 464 g/mol. The highest BCUT2D eigenvalue weighted by Crippen LogP contribution is 2.27. The van der Waals surface area contributed by atoms with Crippen LogP contribution in [0.5, 0.6) is 0 Å². The molecule has 7 nitrogen and oxygen atoms in total. The van der Waals surface area contributed by atoms with Crippen LogP contribution in [0.25, 0.3) is 11.1 Å². The first-order valence-corrected chi connectivity index (χ1v) is 9.46. The van der Waals surface area contributed by atoms with Crippen molar-refractivity contribution in [2.24, 2.45) is 7.05 Å². The van der Waals surface area contributed by atoms with Gasteiger partial charge in [-0.05, 0) is 37.3 Å². The van der Waals surface area contributed by atoms with Crippen LogP contribution in [0.2, 0.25) is 5.02 Å². The predicted molar refractivity (Wildman–Crippen MR) is 124 cm³/mol. The van der Waals surface area contributed by atoms with Crippen molar-refractivity contribution >= 4 is 42.4 Å². The van der Waals surface area contributed by atoms with Crippen molar-refractivity contribution < 1.29 is 14.3 Å². The third-order valence-electron chi connectivity index (χ3n) is 4.40. The minimum absolute atomic E-state index is 0. The minimum Gasteiger partial charge on any atom is -0.394 e. The quantitative estimate of drug-likeness (QED) is 0.520. The van der Waals surface area contributed by atoms with Gasteiger partial charge in [-0.3, -0.25) is 14.6 Å². The van der Waals surface area contributed by atoms with Gasteiger partial charge < -0.3 is 20.3 Å². The fourth-order valence-electron chi connectivity index (χ4n) is 2.86. The van der Waals surface area contributed by atoms with Gasteiger partial charge >= 0.3 is 0 Å². The number of aliphatic hydroxyl groups excluding tert-OH is 1. The largest absolute Gasteiger partial charge is 0.394 e. The van der Waals surface area contributed by atoms with E-state index in [0.717, 1.165) is 0 Å². The van der Waals surface area contributed by atoms with E-state index in [1.165, 1.54) is 47.4 Å². The Kier molecular flexibility index (Phi) is 8.21. The third kappa shape index (κ3) is 5.63. The summed E-state index contributed by atoms with van der Waals surface area (Å²) in [4.78, 5) is 29.1. The van der Waals surface area contributed by atoms with Crippen LogP contribution in [0.4, 0.5) is 15.8 Å². The number of halogens is 2. The molecule has 1 atom stereocenters. The molecule has 1 amide bonds. The van der Waals surface area contributed by atoms with Crippen molar-refractivity contribution in [1.29, 1.82) is 0 Å². The Balaban J connectivity index is 0.00000341. The lowest BCUT2D eigenvalue weighted by Gasteiger charge is -2.15. The van der Waals surface area contributed by atoms with Gasteiger partial charge in [-0.15, -0.1) is 0 Å². The number of hydrogen-bond acceptors (Lipinski definition) is 5. The molecule has 2 aromatic heterocycles. The number of hydrogen-bond donors (Lipinski definition) is 3. The molecule has 3 aromatic rings. The van der Waals surface area contributed by atoms with E-state index in [2.05, 4.69) is 15.6 Å². The molecule has 0 saturated carbocycles. The van der Waals surface area contributed by atoms with Crippen LogP contribution >= 0.6 is 25.1 Å². The molecule has 10 heteroatoms. The van der Waals surface area contributed by atoms with Crippen molar-refractivity contribution in [3.8, 4) is 11.1 Å². The molecule has 0 radical (unpaired) electrons. The normalized spacial score (nSPS) is 11.4. The molecule has 0 aliphatic carbocycles. The molecule has 0 saturated heterocycles. The lowest BCUT2D eigenvalue weighted by atomic mass is 10.1. The lowest BCUT2D eigenvalue weighted by Crippen LogP contribution is -2.35. The van der Waals surface area contributed by atoms with Crippen molar-refractivity contribution in [3.63, 3.8) is 0 Å². The first-order valence-electron chi connectivity index (χ1n) is 9.09. The van der Waals surface area contributed by atoms with Crippen LogP contribution in [0.1, 0.15) is 17.3 Å². The zero-order valence-corrected chi connectivity index (χ0v) is 18.6. The van der Waals surface area contributed by atoms with Crippen molar-refractivity contribution in [1.82, 2.24) is 14.9 Å². The fraction of sp³-hybridized carbons (Fsp3) is 0.190. The van der Waals surface area contributed by atoms with Crippen LogP contribution in [-0.4, -0.2) is 33.2 Å². The summed E-state index contributed by atoms with van der Waals surface area (Å²) in [5, 5.41) is 15.2. The van der Waals surface area contributed by atoms with Crippen molar-refractivity contribution in [2.75, 3.05) is 11.9 Å². The molecule has 0 aliphatic heterocycles. The molecule has 1 aromatic carbocycles. The Hall–Kier alpha value is -2.88. The molecule has 3 N–H and O–H groups in total. The number of amides is 1. The summed E-state index contributed by atoms with van der Waals surface area (Å²) in [5.41, 5.74) is 0.951. The summed E-state index contributed by atoms with van der Waals surface area (Å²) in [6.45, 7) is 1.46. The number of benzene rings is 1. The van der Waals surface area contributed by atoms with Gasteiger partial charge in [-0.1, -0.05) is 11.6 Å². The maximum Gasteiger partial charge on any atom is 0.258 e. The second-order valence-corrected chi connectivity index (χ2v) is 7.22. The standard InChI is InChI=1S/C21H20ClFN4O3.H2S/c1-12(11-28)25-20(29)17-9-24-6-5-19(17)26-14-8-16(21(30)27(2)10-14)15-7-13(22)3-4-18(15)23;/h3-10,12,28H,11H2,1-2H3,(H,24,26)(H,25,29);1H2/t12-;/m0./s1. The van der Waals surface area contributed by atoms with Crippen LogP contribution in [0.15, 0.2) is 53.7 Å². The number of nitrogens with one attached hydrogen (secondary N) is 2. The first-order chi connectivity index (χ1) is 14.3. The van der Waals surface area contributed by atoms with Gasteiger partial charge in [0.1, 0.15) is 5.82 Å². The third-order valence-corrected chi connectivity index (χ3v) is 4.63. The predicted octanol–water partition coefficient (Wildman–Crippen LogP) is 3.21. The Morgan fingerprint density at radius 1 is 1.29 bits per heavy atom. The molecular weight excluding hydrogens is 443 g/mol. The molecule has 0 unspecified atom stereocenters. The number of carbonyl (C=O) groups excluding carboxylic acids is 1. The summed E-state index contributed by atoms with van der Waals surface area (Å²) in [7, 11) is 1.54. The van der Waals surface area contributed by atoms with Crippen LogP contribution in [0.3, 0.4) is 0 Å². The van der Waals surface area contributed by atoms with Gasteiger partial charge in [-0.25, -0.2) is 4.39 Å². The highest BCUT2D eigenvalue weighted by molar-refractivity contribution is 7.59. The average Bonchev–Trinajstić information content (AvgIpc) is 2.72. The van der Waals surface area contributed by atoms with Crippen LogP contribution in [0, 0.1) is 5.82 Å². The van der Waals surface area contributed by atoms with Gasteiger partial charge in [0.2, 0.25) is 0 Å². The maximum absolute atomic E-state index is 14.3. The molecule has 0 spiro atoms. The molecule has 0 bridgehead atoms. The summed E-state index contributed by atoms with van der Waals surface area (Å²) in [5.74, 6) is -0.992. The SMILES string of the molecule is C[C@@H](CO)NC(=O)c1cnccc1Nc1cc(-c2cc(Cl)ccc2F)c(=O)n(C)c1.S. The molecule has 31 heavy (non-hydrogen) atoms. The Morgan fingerprint density at radius 3 is 2.74 bits per heavy atom. The number of aliphatic hydroxyl groups is 1. The Bertz CT molecular complexity index is 1160. The summed E-state index contributed by atoms with van der Waals surface area (Å²) < 4.78 is 15.7. The number of nitrogens with zero attached hydrogens (tertiary/aromatic N) is 2. The van der Waals surface area contributed by atoms with Gasteiger partial charge in [0.05, 0.1) is 29.1 Å². The first kappa shape index (κ1) is 24.4. The van der Waals surface area contributed by atoms with Crippen molar-refractivity contribution in [3.05, 3.63) is 75.7 Å². The van der Waals surface area contributed by atoms with E-state index in [1.807, 2.05) is 0 Å². The van der Waals surface area contributed by atoms with E-state index in [1.54, 1.807) is 20.0 Å². The summed E-state index contributed by atoms with van der Waals surface area (Å²) >= 11 is 5.98. The molecule has 0 fully saturated rings. The van der Waals surface area contributed by atoms with E-state index in [0.29, 0.717) is 16.4 Å². The van der Waals surface area contributed by atoms with Crippen LogP contribution in [-0.2, 0) is 7.05 Å². The smallest absolute Gasteiger partial charge is 0.258 e. The van der Waals surface area contributed by atoms with E-state index < -0.39 is 23.3 Å². The van der Waals surface area contributed by atoms with Gasteiger partial charge in [0, 0.05) is 42.3 Å². The van der Waals surface area contributed by atoms with Crippen molar-refractivity contribution in [2.45, 2.75) is 13.0 Å². The number of rotatable bonds is 6. The highest BCUT2D eigenvalue weighted by Gasteiger charge is 2.16. The molecule has 0 aliphatic rings.